The number of rotatable bonds is 6. The minimum absolute atomic E-state index is 0.0961. The molecular weight excluding hydrogens is 208 g/mol. The van der Waals surface area contributed by atoms with E-state index in [1.165, 1.54) is 7.11 Å². The lowest BCUT2D eigenvalue weighted by atomic mass is 10.2. The number of thiocarbonyl (C=S) groups is 1. The van der Waals surface area contributed by atoms with E-state index in [9.17, 15) is 0 Å². The molecule has 0 radical (unpaired) electrons. The molecule has 0 rings (SSSR count). The molecule has 0 aliphatic rings. The topological polar surface area (TPSA) is 47.9 Å². The van der Waals surface area contributed by atoms with Gasteiger partial charge in [-0.15, -0.1) is 0 Å². The Morgan fingerprint density at radius 2 is 1.92 bits per heavy atom. The number of hydrogen-bond acceptors (Lipinski definition) is 4. The van der Waals surface area contributed by atoms with Crippen LogP contribution in [0.3, 0.4) is 0 Å². The summed E-state index contributed by atoms with van der Waals surface area (Å²) >= 11 is 4.58. The van der Waals surface area contributed by atoms with Gasteiger partial charge in [0, 0.05) is 27.8 Å². The summed E-state index contributed by atoms with van der Waals surface area (Å²) in [6.07, 6.45) is -0.108. The highest BCUT2D eigenvalue weighted by molar-refractivity contribution is 7.80. The lowest BCUT2D eigenvalue weighted by molar-refractivity contribution is -0.206. The van der Waals surface area contributed by atoms with E-state index in [2.05, 4.69) is 12.2 Å². The smallest absolute Gasteiger partial charge is 0.166 e. The minimum atomic E-state index is -0.748. The van der Waals surface area contributed by atoms with Gasteiger partial charge >= 0.3 is 0 Å². The molecule has 1 atom stereocenters. The van der Waals surface area contributed by atoms with Gasteiger partial charge in [-0.1, -0.05) is 0 Å². The highest BCUT2D eigenvalue weighted by Crippen LogP contribution is 2.18. The van der Waals surface area contributed by atoms with E-state index in [1.807, 2.05) is 0 Å². The summed E-state index contributed by atoms with van der Waals surface area (Å²) in [6.45, 7) is 0. The van der Waals surface area contributed by atoms with Gasteiger partial charge in [0.1, 0.15) is 6.10 Å². The van der Waals surface area contributed by atoms with Crippen molar-refractivity contribution in [2.24, 2.45) is 0 Å². The van der Waals surface area contributed by atoms with Crippen molar-refractivity contribution in [1.82, 2.24) is 0 Å². The monoisotopic (exact) mass is 224 g/mol. The maximum absolute atomic E-state index is 8.96. The molecule has 0 aromatic heterocycles. The number of aliphatic hydroxyl groups excluding tert-OH is 1. The number of aliphatic hydroxyl groups is 1. The summed E-state index contributed by atoms with van der Waals surface area (Å²) in [6, 6.07) is 0. The summed E-state index contributed by atoms with van der Waals surface area (Å²) in [5.41, 5.74) is -0.748. The van der Waals surface area contributed by atoms with Crippen LogP contribution in [-0.4, -0.2) is 53.2 Å². The molecule has 0 fully saturated rings. The molecule has 78 valence electrons. The first-order chi connectivity index (χ1) is 6.00. The van der Waals surface area contributed by atoms with Gasteiger partial charge in [0.25, 0.3) is 0 Å². The Kier molecular flexibility index (Phi) is 5.66. The molecular formula is C7H16O4SSi. The maximum atomic E-state index is 8.96. The Hall–Kier alpha value is -0.0131. The van der Waals surface area contributed by atoms with Crippen LogP contribution in [0.4, 0.5) is 0 Å². The highest BCUT2D eigenvalue weighted by atomic mass is 32.1. The van der Waals surface area contributed by atoms with Crippen LogP contribution in [0, 0.1) is 0 Å². The fraction of sp³-hybridized carbons (Fsp3) is 0.857. The van der Waals surface area contributed by atoms with E-state index in [0.717, 1.165) is 0 Å². The predicted molar refractivity (Wildman–Crippen MR) is 57.3 cm³/mol. The first-order valence-electron chi connectivity index (χ1n) is 3.85. The lowest BCUT2D eigenvalue weighted by Gasteiger charge is -2.33. The Balaban J connectivity index is 4.42. The van der Waals surface area contributed by atoms with Crippen LogP contribution in [0.5, 0.6) is 0 Å². The summed E-state index contributed by atoms with van der Waals surface area (Å²) in [4.78, 5) is 0. The van der Waals surface area contributed by atoms with Gasteiger partial charge in [0.05, 0.1) is 10.2 Å². The van der Waals surface area contributed by atoms with Crippen LogP contribution < -0.4 is 0 Å². The van der Waals surface area contributed by atoms with Crippen LogP contribution in [0.15, 0.2) is 0 Å². The maximum Gasteiger partial charge on any atom is 0.166 e. The lowest BCUT2D eigenvalue weighted by Crippen LogP contribution is -2.48. The first-order valence-corrected chi connectivity index (χ1v) is 5.26. The summed E-state index contributed by atoms with van der Waals surface area (Å²) < 4.78 is 15.5. The Morgan fingerprint density at radius 3 is 2.15 bits per heavy atom. The average Bonchev–Trinajstić information content (AvgIpc) is 2.12. The van der Waals surface area contributed by atoms with E-state index in [1.54, 1.807) is 14.2 Å². The van der Waals surface area contributed by atoms with Crippen molar-refractivity contribution in [3.8, 4) is 0 Å². The third-order valence-corrected chi connectivity index (χ3v) is 3.67. The molecule has 0 amide bonds. The zero-order valence-corrected chi connectivity index (χ0v) is 11.2. The van der Waals surface area contributed by atoms with Crippen molar-refractivity contribution < 1.29 is 19.3 Å². The second-order valence-electron chi connectivity index (χ2n) is 2.75. The van der Waals surface area contributed by atoms with Crippen LogP contribution in [0.2, 0.25) is 0 Å². The quantitative estimate of drug-likeness (QED) is 0.377. The summed E-state index contributed by atoms with van der Waals surface area (Å²) in [5, 5.41) is 8.87. The third-order valence-electron chi connectivity index (χ3n) is 2.04. The van der Waals surface area contributed by atoms with Crippen molar-refractivity contribution in [2.75, 3.05) is 21.3 Å². The number of hydrogen-bond donors (Lipinski definition) is 1. The Bertz CT molecular complexity index is 172. The van der Waals surface area contributed by atoms with Gasteiger partial charge in [-0.2, -0.15) is 0 Å². The molecule has 0 aliphatic heterocycles. The molecule has 0 aliphatic carbocycles. The Morgan fingerprint density at radius 1 is 1.46 bits per heavy atom. The predicted octanol–water partition coefficient (Wildman–Crippen LogP) is -0.411. The summed E-state index contributed by atoms with van der Waals surface area (Å²) in [7, 11) is 5.25. The van der Waals surface area contributed by atoms with Crippen molar-refractivity contribution >= 4 is 27.5 Å². The molecule has 0 spiro atoms. The number of ether oxygens (including phenoxy) is 3. The molecule has 0 bridgehead atoms. The van der Waals surface area contributed by atoms with Gasteiger partial charge in [-0.05, 0) is 12.2 Å². The largest absolute Gasteiger partial charge is 0.502 e. The summed E-state index contributed by atoms with van der Waals surface area (Å²) in [5.74, 6) is 0. The van der Waals surface area contributed by atoms with Crippen LogP contribution in [0.1, 0.15) is 6.42 Å². The van der Waals surface area contributed by atoms with Gasteiger partial charge in [-0.25, -0.2) is 0 Å². The molecule has 0 heterocycles. The van der Waals surface area contributed by atoms with Crippen LogP contribution in [0.25, 0.3) is 0 Å². The normalized spacial score (nSPS) is 14.4. The van der Waals surface area contributed by atoms with Crippen molar-refractivity contribution in [1.29, 1.82) is 0 Å². The fourth-order valence-corrected chi connectivity index (χ4v) is 1.58. The van der Waals surface area contributed by atoms with Gasteiger partial charge in [0.2, 0.25) is 0 Å². The van der Waals surface area contributed by atoms with Gasteiger partial charge in [-0.3, -0.25) is 0 Å². The average molecular weight is 224 g/mol. The number of methoxy groups -OCH3 is 3. The molecule has 0 aromatic rings. The second-order valence-corrected chi connectivity index (χ2v) is 4.61. The third kappa shape index (κ3) is 3.70. The van der Waals surface area contributed by atoms with E-state index in [4.69, 9.17) is 19.3 Å². The zero-order valence-electron chi connectivity index (χ0n) is 8.36. The Labute approximate surface area is 86.6 Å². The molecule has 1 N–H and O–H groups in total. The van der Waals surface area contributed by atoms with E-state index in [0.29, 0.717) is 10.2 Å². The van der Waals surface area contributed by atoms with E-state index < -0.39 is 5.41 Å². The van der Waals surface area contributed by atoms with Crippen LogP contribution in [-0.2, 0) is 14.2 Å². The molecule has 4 nitrogen and oxygen atoms in total. The molecule has 0 saturated carbocycles. The first kappa shape index (κ1) is 13.0. The van der Waals surface area contributed by atoms with Gasteiger partial charge in [0.15, 0.2) is 10.5 Å². The highest BCUT2D eigenvalue weighted by Gasteiger charge is 2.34. The zero-order chi connectivity index (χ0) is 10.5. The second kappa shape index (κ2) is 5.66. The molecule has 1 unspecified atom stereocenters. The minimum Gasteiger partial charge on any atom is -0.502 e. The molecule has 6 heteroatoms. The SMILES string of the molecule is COC(CC(O)=S)C([SiH3])(OC)OC. The molecule has 0 aromatic carbocycles. The van der Waals surface area contributed by atoms with Crippen molar-refractivity contribution in [3.05, 3.63) is 0 Å². The molecule has 13 heavy (non-hydrogen) atoms. The van der Waals surface area contributed by atoms with E-state index in [-0.39, 0.29) is 17.6 Å². The van der Waals surface area contributed by atoms with Crippen LogP contribution >= 0.6 is 12.2 Å². The van der Waals surface area contributed by atoms with Crippen molar-refractivity contribution in [2.45, 2.75) is 17.9 Å². The van der Waals surface area contributed by atoms with Crippen molar-refractivity contribution in [3.63, 3.8) is 0 Å². The fourth-order valence-electron chi connectivity index (χ4n) is 0.988. The standard InChI is InChI=1S/C7H16O4SSi/c1-9-5(4-6(8)12)7(13,10-2)11-3/h5H,4H2,1-3,13H3,(H,8,12). The van der Waals surface area contributed by atoms with Gasteiger partial charge < -0.3 is 19.3 Å². The molecule has 0 saturated heterocycles. The van der Waals surface area contributed by atoms with E-state index >= 15 is 0 Å².